The molecule has 3 nitrogen and oxygen atoms in total. The van der Waals surface area contributed by atoms with Crippen LogP contribution in [-0.4, -0.2) is 0 Å². The molecule has 0 saturated heterocycles. The minimum atomic E-state index is -2.18. The number of hydrogen-bond acceptors (Lipinski definition) is 3. The molecular formula is C12H12Na2O3P+. The minimum Gasteiger partial charge on any atom is -1.00 e. The van der Waals surface area contributed by atoms with Crippen molar-refractivity contribution in [2.45, 2.75) is 0 Å². The zero-order chi connectivity index (χ0) is 11.2. The third-order valence-corrected chi connectivity index (χ3v) is 2.57. The molecule has 2 aromatic rings. The van der Waals surface area contributed by atoms with Crippen LogP contribution in [0, 0.1) is 0 Å². The summed E-state index contributed by atoms with van der Waals surface area (Å²) in [6.45, 7) is 0. The number of benzene rings is 2. The van der Waals surface area contributed by atoms with Gasteiger partial charge in [0.05, 0.1) is 0 Å². The van der Waals surface area contributed by atoms with Crippen molar-refractivity contribution in [2.75, 3.05) is 0 Å². The van der Waals surface area contributed by atoms with E-state index in [-0.39, 0.29) is 62.0 Å². The Morgan fingerprint density at radius 3 is 1.39 bits per heavy atom. The third-order valence-electron chi connectivity index (χ3n) is 1.85. The van der Waals surface area contributed by atoms with E-state index in [1.807, 2.05) is 12.1 Å². The van der Waals surface area contributed by atoms with Gasteiger partial charge in [-0.25, -0.2) is 9.05 Å². The molecule has 0 spiro atoms. The maximum Gasteiger partial charge on any atom is 1.00 e. The Kier molecular flexibility index (Phi) is 10.1. The molecule has 0 saturated carbocycles. The van der Waals surface area contributed by atoms with Crippen molar-refractivity contribution in [1.82, 2.24) is 0 Å². The van der Waals surface area contributed by atoms with Gasteiger partial charge in [0, 0.05) is 4.57 Å². The SMILES string of the molecule is O=[P+](Oc1ccccc1)Oc1ccccc1.[H-].[H-].[Na+].[Na+]. The zero-order valence-corrected chi connectivity index (χ0v) is 15.3. The maximum absolute atomic E-state index is 11.5. The van der Waals surface area contributed by atoms with Crippen LogP contribution in [0.25, 0.3) is 0 Å². The van der Waals surface area contributed by atoms with Gasteiger partial charge in [-0.3, -0.25) is 0 Å². The Balaban J connectivity index is -0.000000722. The molecule has 0 radical (unpaired) electrons. The second-order valence-electron chi connectivity index (χ2n) is 3.03. The smallest absolute Gasteiger partial charge is 1.00 e. The summed E-state index contributed by atoms with van der Waals surface area (Å²) in [7, 11) is -2.18. The second-order valence-corrected chi connectivity index (χ2v) is 3.84. The largest absolute Gasteiger partial charge is 1.00 e. The quantitative estimate of drug-likeness (QED) is 0.482. The van der Waals surface area contributed by atoms with Crippen LogP contribution < -0.4 is 68.2 Å². The van der Waals surface area contributed by atoms with E-state index >= 15 is 0 Å². The number of rotatable bonds is 4. The first kappa shape index (κ1) is 18.1. The fourth-order valence-electron chi connectivity index (χ4n) is 1.15. The first-order valence-corrected chi connectivity index (χ1v) is 5.87. The van der Waals surface area contributed by atoms with E-state index in [9.17, 15) is 4.57 Å². The van der Waals surface area contributed by atoms with Gasteiger partial charge >= 0.3 is 67.4 Å². The molecule has 18 heavy (non-hydrogen) atoms. The molecule has 0 aromatic heterocycles. The van der Waals surface area contributed by atoms with Crippen molar-refractivity contribution < 1.29 is 75.6 Å². The van der Waals surface area contributed by atoms with Crippen LogP contribution in [0.5, 0.6) is 11.5 Å². The van der Waals surface area contributed by atoms with E-state index in [0.29, 0.717) is 11.5 Å². The van der Waals surface area contributed by atoms with Crippen molar-refractivity contribution in [3.8, 4) is 11.5 Å². The van der Waals surface area contributed by atoms with Gasteiger partial charge in [0.25, 0.3) is 0 Å². The summed E-state index contributed by atoms with van der Waals surface area (Å²) in [5, 5.41) is 0. The average Bonchev–Trinajstić information content (AvgIpc) is 2.31. The molecule has 0 atom stereocenters. The topological polar surface area (TPSA) is 35.5 Å². The summed E-state index contributed by atoms with van der Waals surface area (Å²) in [5.41, 5.74) is 0. The van der Waals surface area contributed by atoms with Crippen molar-refractivity contribution in [3.05, 3.63) is 60.7 Å². The summed E-state index contributed by atoms with van der Waals surface area (Å²) >= 11 is 0. The molecule has 6 heteroatoms. The van der Waals surface area contributed by atoms with Gasteiger partial charge in [-0.1, -0.05) is 36.4 Å². The Bertz CT molecular complexity index is 431. The van der Waals surface area contributed by atoms with Crippen LogP contribution in [0.3, 0.4) is 0 Å². The average molecular weight is 281 g/mol. The Labute approximate surface area is 154 Å². The molecule has 0 heterocycles. The molecule has 2 aromatic carbocycles. The molecular weight excluding hydrogens is 269 g/mol. The molecule has 0 aliphatic carbocycles. The van der Waals surface area contributed by atoms with Crippen LogP contribution in [0.1, 0.15) is 2.85 Å². The van der Waals surface area contributed by atoms with E-state index in [1.165, 1.54) is 0 Å². The summed E-state index contributed by atoms with van der Waals surface area (Å²) < 4.78 is 21.7. The molecule has 84 valence electrons. The fraction of sp³-hybridized carbons (Fsp3) is 0. The van der Waals surface area contributed by atoms with Gasteiger partial charge in [0.2, 0.25) is 0 Å². The Hall–Kier alpha value is 0.140. The van der Waals surface area contributed by atoms with Crippen LogP contribution in [0.4, 0.5) is 0 Å². The van der Waals surface area contributed by atoms with Crippen LogP contribution >= 0.6 is 8.25 Å². The van der Waals surface area contributed by atoms with Crippen molar-refractivity contribution in [2.24, 2.45) is 0 Å². The van der Waals surface area contributed by atoms with Gasteiger partial charge in [-0.05, 0) is 24.3 Å². The molecule has 0 unspecified atom stereocenters. The van der Waals surface area contributed by atoms with Crippen molar-refractivity contribution in [3.63, 3.8) is 0 Å². The summed E-state index contributed by atoms with van der Waals surface area (Å²) in [6, 6.07) is 17.8. The molecule has 0 fully saturated rings. The van der Waals surface area contributed by atoms with E-state index in [2.05, 4.69) is 0 Å². The minimum absolute atomic E-state index is 0. The molecule has 0 aliphatic heterocycles. The first-order chi connectivity index (χ1) is 7.84. The van der Waals surface area contributed by atoms with Crippen LogP contribution in [0.2, 0.25) is 0 Å². The fourth-order valence-corrected chi connectivity index (χ4v) is 1.78. The van der Waals surface area contributed by atoms with Crippen LogP contribution in [0.15, 0.2) is 60.7 Å². The molecule has 0 bridgehead atoms. The van der Waals surface area contributed by atoms with E-state index in [4.69, 9.17) is 9.05 Å². The zero-order valence-electron chi connectivity index (χ0n) is 12.4. The molecule has 0 N–H and O–H groups in total. The Morgan fingerprint density at radius 1 is 0.722 bits per heavy atom. The van der Waals surface area contributed by atoms with E-state index < -0.39 is 8.25 Å². The molecule has 2 rings (SSSR count). The van der Waals surface area contributed by atoms with Crippen molar-refractivity contribution in [1.29, 1.82) is 0 Å². The van der Waals surface area contributed by atoms with Gasteiger partial charge < -0.3 is 2.85 Å². The van der Waals surface area contributed by atoms with Crippen molar-refractivity contribution >= 4 is 8.25 Å². The monoisotopic (exact) mass is 281 g/mol. The number of para-hydroxylation sites is 2. The first-order valence-electron chi connectivity index (χ1n) is 4.78. The van der Waals surface area contributed by atoms with Gasteiger partial charge in [0.1, 0.15) is 0 Å². The van der Waals surface area contributed by atoms with E-state index in [1.54, 1.807) is 48.5 Å². The predicted octanol–water partition coefficient (Wildman–Crippen LogP) is -1.97. The predicted molar refractivity (Wildman–Crippen MR) is 64.0 cm³/mol. The maximum atomic E-state index is 11.5. The summed E-state index contributed by atoms with van der Waals surface area (Å²) in [5.74, 6) is 1.05. The van der Waals surface area contributed by atoms with E-state index in [0.717, 1.165) is 0 Å². The second kappa shape index (κ2) is 9.99. The summed E-state index contributed by atoms with van der Waals surface area (Å²) in [6.07, 6.45) is 0. The molecule has 0 amide bonds. The Morgan fingerprint density at radius 2 is 1.06 bits per heavy atom. The normalized spacial score (nSPS) is 8.44. The molecule has 0 aliphatic rings. The van der Waals surface area contributed by atoms with Gasteiger partial charge in [-0.15, -0.1) is 0 Å². The van der Waals surface area contributed by atoms with Gasteiger partial charge in [0.15, 0.2) is 11.5 Å². The van der Waals surface area contributed by atoms with Gasteiger partial charge in [-0.2, -0.15) is 0 Å². The number of hydrogen-bond donors (Lipinski definition) is 0. The summed E-state index contributed by atoms with van der Waals surface area (Å²) in [4.78, 5) is 0. The van der Waals surface area contributed by atoms with Crippen LogP contribution in [-0.2, 0) is 4.57 Å². The standard InChI is InChI=1S/C12H10O3P.2Na.2H/c13-16(14-11-7-3-1-4-8-11)15-12-9-5-2-6-10-12;;;;/h1-10H;;;;/q3*+1;2*-1. The third kappa shape index (κ3) is 6.35.